The van der Waals surface area contributed by atoms with Crippen LogP contribution < -0.4 is 10.6 Å². The van der Waals surface area contributed by atoms with Gasteiger partial charge in [0.2, 0.25) is 5.95 Å². The van der Waals surface area contributed by atoms with E-state index in [1.165, 1.54) is 11.1 Å². The van der Waals surface area contributed by atoms with Crippen LogP contribution >= 0.6 is 13.5 Å². The first-order chi connectivity index (χ1) is 12.8. The molecule has 1 aliphatic carbocycles. The van der Waals surface area contributed by atoms with Crippen LogP contribution in [0.3, 0.4) is 0 Å². The molecule has 4 aromatic rings. The predicted molar refractivity (Wildman–Crippen MR) is 112 cm³/mol. The second-order valence-electron chi connectivity index (χ2n) is 6.60. The van der Waals surface area contributed by atoms with E-state index >= 15 is 0 Å². The average molecular weight is 379 g/mol. The molecule has 0 saturated carbocycles. The summed E-state index contributed by atoms with van der Waals surface area (Å²) in [5.74, 6) is 1.38. The summed E-state index contributed by atoms with van der Waals surface area (Å²) in [6, 6.07) is 10.9. The molecule has 1 aliphatic rings. The van der Waals surface area contributed by atoms with Gasteiger partial charge in [0, 0.05) is 19.4 Å². The minimum absolute atomic E-state index is 0. The number of aromatic nitrogens is 5. The molecule has 138 valence electrons. The molecule has 0 bridgehead atoms. The van der Waals surface area contributed by atoms with Gasteiger partial charge in [0.15, 0.2) is 0 Å². The van der Waals surface area contributed by atoms with Crippen molar-refractivity contribution in [3.63, 3.8) is 0 Å². The third-order valence-corrected chi connectivity index (χ3v) is 4.82. The number of anilines is 3. The fourth-order valence-electron chi connectivity index (χ4n) is 3.59. The Morgan fingerprint density at radius 1 is 1.19 bits per heavy atom. The molecule has 0 aliphatic heterocycles. The maximum Gasteiger partial charge on any atom is 0.231 e. The number of H-pyrrole nitrogens is 1. The second-order valence-corrected chi connectivity index (χ2v) is 6.60. The smallest absolute Gasteiger partial charge is 0.231 e. The van der Waals surface area contributed by atoms with E-state index in [1.54, 1.807) is 10.9 Å². The lowest BCUT2D eigenvalue weighted by atomic mass is 10.1. The van der Waals surface area contributed by atoms with Crippen LogP contribution in [0.2, 0.25) is 0 Å². The number of benzene rings is 1. The van der Waals surface area contributed by atoms with Crippen molar-refractivity contribution in [2.45, 2.75) is 18.9 Å². The van der Waals surface area contributed by atoms with E-state index in [0.717, 1.165) is 35.4 Å². The Morgan fingerprint density at radius 2 is 2.07 bits per heavy atom. The van der Waals surface area contributed by atoms with Crippen LogP contribution in [0, 0.1) is 0 Å². The minimum atomic E-state index is 0. The molecule has 0 radical (unpaired) electrons. The average Bonchev–Trinajstić information content (AvgIpc) is 3.36. The Morgan fingerprint density at radius 3 is 2.93 bits per heavy atom. The van der Waals surface area contributed by atoms with Crippen molar-refractivity contribution in [3.05, 3.63) is 60.0 Å². The maximum absolute atomic E-state index is 4.72. The van der Waals surface area contributed by atoms with Gasteiger partial charge >= 0.3 is 0 Å². The molecule has 0 unspecified atom stereocenters. The number of hydrogen-bond donors (Lipinski definition) is 3. The van der Waals surface area contributed by atoms with E-state index in [4.69, 9.17) is 4.98 Å². The van der Waals surface area contributed by atoms with Crippen molar-refractivity contribution < 1.29 is 0 Å². The number of nitrogens with one attached hydrogen (secondary N) is 3. The predicted octanol–water partition coefficient (Wildman–Crippen LogP) is 3.65. The molecule has 8 heteroatoms. The van der Waals surface area contributed by atoms with E-state index in [2.05, 4.69) is 50.0 Å². The molecule has 1 aromatic carbocycles. The number of nitrogens with zero attached hydrogens (tertiary/aromatic N) is 4. The zero-order chi connectivity index (χ0) is 17.5. The van der Waals surface area contributed by atoms with E-state index in [9.17, 15) is 0 Å². The third kappa shape index (κ3) is 3.23. The highest BCUT2D eigenvalue weighted by Crippen LogP contribution is 2.35. The summed E-state index contributed by atoms with van der Waals surface area (Å²) in [5.41, 5.74) is 4.44. The summed E-state index contributed by atoms with van der Waals surface area (Å²) in [7, 11) is 1.88. The number of aryl methyl sites for hydroxylation is 2. The van der Waals surface area contributed by atoms with Crippen molar-refractivity contribution >= 4 is 42.0 Å². The first kappa shape index (κ1) is 17.4. The normalized spacial score (nSPS) is 15.4. The highest BCUT2D eigenvalue weighted by atomic mass is 32.1. The summed E-state index contributed by atoms with van der Waals surface area (Å²) < 4.78 is 1.74. The van der Waals surface area contributed by atoms with Crippen LogP contribution in [0.1, 0.15) is 23.6 Å². The van der Waals surface area contributed by atoms with Gasteiger partial charge in [-0.1, -0.05) is 24.3 Å². The Kier molecular flexibility index (Phi) is 4.49. The van der Waals surface area contributed by atoms with Crippen molar-refractivity contribution in [2.24, 2.45) is 7.05 Å². The van der Waals surface area contributed by atoms with Crippen LogP contribution in [-0.4, -0.2) is 24.7 Å². The van der Waals surface area contributed by atoms with Crippen LogP contribution in [0.5, 0.6) is 0 Å². The first-order valence-corrected chi connectivity index (χ1v) is 8.71. The molecule has 3 aromatic heterocycles. The van der Waals surface area contributed by atoms with Crippen molar-refractivity contribution in [2.75, 3.05) is 10.6 Å². The molecule has 27 heavy (non-hydrogen) atoms. The Hall–Kier alpha value is -3.00. The lowest BCUT2D eigenvalue weighted by Crippen LogP contribution is -2.10. The fraction of sp³-hybridized carbons (Fsp3) is 0.211. The molecule has 7 nitrogen and oxygen atoms in total. The van der Waals surface area contributed by atoms with Crippen molar-refractivity contribution in [3.8, 4) is 0 Å². The molecule has 0 spiro atoms. The summed E-state index contributed by atoms with van der Waals surface area (Å²) in [4.78, 5) is 12.5. The van der Waals surface area contributed by atoms with Gasteiger partial charge in [-0.3, -0.25) is 4.68 Å². The summed E-state index contributed by atoms with van der Waals surface area (Å²) in [5, 5.41) is 12.0. The largest absolute Gasteiger partial charge is 0.363 e. The zero-order valence-corrected chi connectivity index (χ0v) is 15.9. The highest BCUT2D eigenvalue weighted by molar-refractivity contribution is 7.59. The third-order valence-electron chi connectivity index (χ3n) is 4.82. The van der Waals surface area contributed by atoms with Gasteiger partial charge in [0.25, 0.3) is 0 Å². The van der Waals surface area contributed by atoms with Gasteiger partial charge in [0.1, 0.15) is 11.5 Å². The van der Waals surface area contributed by atoms with Crippen molar-refractivity contribution in [1.82, 2.24) is 24.7 Å². The van der Waals surface area contributed by atoms with Gasteiger partial charge in [-0.05, 0) is 30.0 Å². The number of aromatic amines is 1. The van der Waals surface area contributed by atoms with Crippen LogP contribution in [-0.2, 0) is 13.5 Å². The molecule has 1 atom stereocenters. The molecule has 3 N–H and O–H groups in total. The van der Waals surface area contributed by atoms with Crippen LogP contribution in [0.25, 0.3) is 11.0 Å². The summed E-state index contributed by atoms with van der Waals surface area (Å²) in [6.45, 7) is 0. The SMILES string of the molecule is Cn1cc(Nc2nc(N[C@H]3CCc4ccccc43)c3cc[nH]c3n2)cn1.S. The summed E-state index contributed by atoms with van der Waals surface area (Å²) in [6.07, 6.45) is 7.70. The molecular formula is C19H21N7S. The van der Waals surface area contributed by atoms with E-state index in [0.29, 0.717) is 5.95 Å². The Balaban J connectivity index is 0.00000180. The van der Waals surface area contributed by atoms with E-state index in [-0.39, 0.29) is 19.5 Å². The zero-order valence-electron chi connectivity index (χ0n) is 14.9. The first-order valence-electron chi connectivity index (χ1n) is 8.71. The quantitative estimate of drug-likeness (QED) is 0.504. The second kappa shape index (κ2) is 6.96. The van der Waals surface area contributed by atoms with Gasteiger partial charge in [-0.2, -0.15) is 28.6 Å². The fourth-order valence-corrected chi connectivity index (χ4v) is 3.59. The minimum Gasteiger partial charge on any atom is -0.363 e. The number of hydrogen-bond acceptors (Lipinski definition) is 5. The van der Waals surface area contributed by atoms with Gasteiger partial charge in [-0.25, -0.2) is 0 Å². The lowest BCUT2D eigenvalue weighted by Gasteiger charge is -2.16. The Labute approximate surface area is 163 Å². The van der Waals surface area contributed by atoms with Crippen molar-refractivity contribution in [1.29, 1.82) is 0 Å². The molecular weight excluding hydrogens is 358 g/mol. The molecule has 0 saturated heterocycles. The Bertz CT molecular complexity index is 1080. The highest BCUT2D eigenvalue weighted by Gasteiger charge is 2.23. The molecule has 5 rings (SSSR count). The molecule has 0 amide bonds. The van der Waals surface area contributed by atoms with Crippen LogP contribution in [0.4, 0.5) is 17.5 Å². The monoisotopic (exact) mass is 379 g/mol. The van der Waals surface area contributed by atoms with E-state index < -0.39 is 0 Å². The number of fused-ring (bicyclic) bond motifs is 2. The lowest BCUT2D eigenvalue weighted by molar-refractivity contribution is 0.758. The number of rotatable bonds is 4. The van der Waals surface area contributed by atoms with Gasteiger partial charge in [0.05, 0.1) is 23.3 Å². The summed E-state index contributed by atoms with van der Waals surface area (Å²) >= 11 is 0. The topological polar surface area (TPSA) is 83.5 Å². The molecule has 0 fully saturated rings. The van der Waals surface area contributed by atoms with E-state index in [1.807, 2.05) is 25.5 Å². The van der Waals surface area contributed by atoms with Crippen LogP contribution in [0.15, 0.2) is 48.9 Å². The standard InChI is InChI=1S/C19H19N7.H2S/c1-26-11-13(10-21-26)22-19-24-17-15(8-9-20-17)18(25-19)23-16-7-6-12-4-2-3-5-14(12)16;/h2-5,8-11,16H,6-7H2,1H3,(H3,20,22,23,24,25);1H2/t16-;/m0./s1. The van der Waals surface area contributed by atoms with Gasteiger partial charge < -0.3 is 15.6 Å². The van der Waals surface area contributed by atoms with Gasteiger partial charge in [-0.15, -0.1) is 0 Å². The molecule has 3 heterocycles. The maximum atomic E-state index is 4.72.